The Labute approximate surface area is 114 Å². The fourth-order valence-corrected chi connectivity index (χ4v) is 1.44. The summed E-state index contributed by atoms with van der Waals surface area (Å²) in [5, 5.41) is 10.9. The molecule has 1 amide bonds. The summed E-state index contributed by atoms with van der Waals surface area (Å²) < 4.78 is 32.1. The Morgan fingerprint density at radius 1 is 1.25 bits per heavy atom. The predicted molar refractivity (Wildman–Crippen MR) is 67.9 cm³/mol. The summed E-state index contributed by atoms with van der Waals surface area (Å²) in [4.78, 5) is 22.4. The van der Waals surface area contributed by atoms with Crippen LogP contribution in [-0.2, 0) is 4.74 Å². The van der Waals surface area contributed by atoms with Crippen molar-refractivity contribution in [1.29, 1.82) is 0 Å². The molecule has 0 saturated heterocycles. The van der Waals surface area contributed by atoms with Crippen LogP contribution in [0.15, 0.2) is 6.07 Å². The van der Waals surface area contributed by atoms with Crippen LogP contribution in [0.25, 0.3) is 0 Å². The monoisotopic (exact) mass is 287 g/mol. The third-order valence-electron chi connectivity index (χ3n) is 2.32. The highest BCUT2D eigenvalue weighted by Gasteiger charge is 2.22. The van der Waals surface area contributed by atoms with E-state index in [0.717, 1.165) is 13.0 Å². The summed E-state index contributed by atoms with van der Waals surface area (Å²) in [6.45, 7) is 5.93. The van der Waals surface area contributed by atoms with Crippen LogP contribution in [0.5, 0.6) is 0 Å². The number of halogens is 2. The Morgan fingerprint density at radius 3 is 2.25 bits per heavy atom. The van der Waals surface area contributed by atoms with Gasteiger partial charge in [0, 0.05) is 5.56 Å². The molecule has 1 rings (SSSR count). The number of amides is 1. The van der Waals surface area contributed by atoms with Gasteiger partial charge >= 0.3 is 12.1 Å². The molecule has 20 heavy (non-hydrogen) atoms. The van der Waals surface area contributed by atoms with Crippen LogP contribution < -0.4 is 5.32 Å². The van der Waals surface area contributed by atoms with E-state index >= 15 is 0 Å². The molecular weight excluding hydrogens is 272 g/mol. The minimum absolute atomic E-state index is 0.343. The normalized spacial score (nSPS) is 11.1. The average molecular weight is 287 g/mol. The molecule has 0 aliphatic rings. The molecule has 0 aliphatic carbocycles. The van der Waals surface area contributed by atoms with Crippen LogP contribution >= 0.6 is 0 Å². The summed E-state index contributed by atoms with van der Waals surface area (Å²) in [7, 11) is 0. The van der Waals surface area contributed by atoms with E-state index in [0.29, 0.717) is 0 Å². The van der Waals surface area contributed by atoms with Gasteiger partial charge in [0.15, 0.2) is 11.6 Å². The second kappa shape index (κ2) is 5.44. The number of hydrogen-bond acceptors (Lipinski definition) is 3. The number of carboxylic acid groups (broad SMARTS) is 1. The molecule has 2 N–H and O–H groups in total. The number of anilines is 1. The molecule has 1 aromatic carbocycles. The fourth-order valence-electron chi connectivity index (χ4n) is 1.44. The molecule has 7 heteroatoms. The van der Waals surface area contributed by atoms with Gasteiger partial charge in [-0.1, -0.05) is 0 Å². The number of hydrogen-bond donors (Lipinski definition) is 2. The summed E-state index contributed by atoms with van der Waals surface area (Å²) in [5.41, 5.74) is -2.18. The average Bonchev–Trinajstić information content (AvgIpc) is 2.27. The Morgan fingerprint density at radius 2 is 1.80 bits per heavy atom. The molecule has 110 valence electrons. The lowest BCUT2D eigenvalue weighted by Crippen LogP contribution is -2.27. The largest absolute Gasteiger partial charge is 0.478 e. The van der Waals surface area contributed by atoms with Gasteiger partial charge in [-0.3, -0.25) is 5.32 Å². The quantitative estimate of drug-likeness (QED) is 0.875. The molecule has 0 spiro atoms. The van der Waals surface area contributed by atoms with E-state index in [2.05, 4.69) is 0 Å². The summed E-state index contributed by atoms with van der Waals surface area (Å²) in [5.74, 6) is -4.08. The maximum absolute atomic E-state index is 13.7. The molecule has 5 nitrogen and oxygen atoms in total. The van der Waals surface area contributed by atoms with Crippen molar-refractivity contribution in [3.63, 3.8) is 0 Å². The van der Waals surface area contributed by atoms with Crippen LogP contribution in [0, 0.1) is 18.6 Å². The Balaban J connectivity index is 3.13. The van der Waals surface area contributed by atoms with Gasteiger partial charge in [-0.05, 0) is 33.8 Å². The number of nitrogens with one attached hydrogen (secondary N) is 1. The predicted octanol–water partition coefficient (Wildman–Crippen LogP) is 3.32. The van der Waals surface area contributed by atoms with Gasteiger partial charge in [0.1, 0.15) is 5.60 Å². The van der Waals surface area contributed by atoms with Gasteiger partial charge in [-0.15, -0.1) is 0 Å². The second-order valence-electron chi connectivity index (χ2n) is 5.16. The zero-order chi connectivity index (χ0) is 15.7. The number of carbonyl (C=O) groups is 2. The third-order valence-corrected chi connectivity index (χ3v) is 2.32. The minimum atomic E-state index is -1.42. The molecule has 1 aromatic rings. The first-order valence-electron chi connectivity index (χ1n) is 5.75. The molecule has 0 atom stereocenters. The molecule has 0 aliphatic heterocycles. The maximum atomic E-state index is 13.7. The summed E-state index contributed by atoms with van der Waals surface area (Å²) in [6.07, 6.45) is -1.00. The van der Waals surface area contributed by atoms with E-state index in [1.807, 2.05) is 5.32 Å². The van der Waals surface area contributed by atoms with E-state index in [1.165, 1.54) is 0 Å². The first kappa shape index (κ1) is 15.9. The molecule has 0 heterocycles. The van der Waals surface area contributed by atoms with Crippen molar-refractivity contribution in [2.45, 2.75) is 33.3 Å². The van der Waals surface area contributed by atoms with Gasteiger partial charge in [0.05, 0.1) is 11.3 Å². The van der Waals surface area contributed by atoms with Gasteiger partial charge in [0.25, 0.3) is 0 Å². The van der Waals surface area contributed by atoms with Crippen molar-refractivity contribution in [2.75, 3.05) is 5.32 Å². The Bertz CT molecular complexity index is 564. The van der Waals surface area contributed by atoms with Crippen LogP contribution in [0.1, 0.15) is 36.7 Å². The SMILES string of the molecule is Cc1c(C(=O)O)cc(NC(=O)OC(C)(C)C)c(F)c1F. The van der Waals surface area contributed by atoms with Crippen molar-refractivity contribution in [3.8, 4) is 0 Å². The van der Waals surface area contributed by atoms with Gasteiger partial charge in [0.2, 0.25) is 0 Å². The number of carboxylic acids is 1. The van der Waals surface area contributed by atoms with Crippen molar-refractivity contribution >= 4 is 17.7 Å². The standard InChI is InChI=1S/C13H15F2NO4/c1-6-7(11(17)18)5-8(10(15)9(6)14)16-12(19)20-13(2,3)4/h5H,1-4H3,(H,16,19)(H,17,18). The van der Waals surface area contributed by atoms with Gasteiger partial charge in [-0.2, -0.15) is 0 Å². The number of rotatable bonds is 2. The number of carbonyl (C=O) groups excluding carboxylic acids is 1. The summed E-state index contributed by atoms with van der Waals surface area (Å²) in [6, 6.07) is 0.847. The molecule has 0 radical (unpaired) electrons. The number of benzene rings is 1. The van der Waals surface area contributed by atoms with E-state index in [9.17, 15) is 18.4 Å². The Kier molecular flexibility index (Phi) is 4.32. The van der Waals surface area contributed by atoms with Crippen molar-refractivity contribution < 1.29 is 28.2 Å². The smallest absolute Gasteiger partial charge is 0.412 e. The maximum Gasteiger partial charge on any atom is 0.412 e. The van der Waals surface area contributed by atoms with Crippen molar-refractivity contribution in [2.24, 2.45) is 0 Å². The first-order valence-corrected chi connectivity index (χ1v) is 5.75. The number of aromatic carboxylic acids is 1. The molecule has 0 fully saturated rings. The Hall–Kier alpha value is -2.18. The highest BCUT2D eigenvalue weighted by molar-refractivity contribution is 5.93. The van der Waals surface area contributed by atoms with Crippen LogP contribution in [0.3, 0.4) is 0 Å². The third kappa shape index (κ3) is 3.66. The van der Waals surface area contributed by atoms with Gasteiger partial charge < -0.3 is 9.84 Å². The zero-order valence-electron chi connectivity index (χ0n) is 11.5. The molecular formula is C13H15F2NO4. The second-order valence-corrected chi connectivity index (χ2v) is 5.16. The van der Waals surface area contributed by atoms with Crippen molar-refractivity contribution in [1.82, 2.24) is 0 Å². The van der Waals surface area contributed by atoms with E-state index < -0.39 is 40.5 Å². The lowest BCUT2D eigenvalue weighted by Gasteiger charge is -2.20. The lowest BCUT2D eigenvalue weighted by atomic mass is 10.1. The minimum Gasteiger partial charge on any atom is -0.478 e. The van der Waals surface area contributed by atoms with E-state index in [-0.39, 0.29) is 5.56 Å². The molecule has 0 saturated carbocycles. The van der Waals surface area contributed by atoms with E-state index in [4.69, 9.17) is 9.84 Å². The lowest BCUT2D eigenvalue weighted by molar-refractivity contribution is 0.0631. The molecule has 0 unspecified atom stereocenters. The topological polar surface area (TPSA) is 75.6 Å². The molecule has 0 bridgehead atoms. The van der Waals surface area contributed by atoms with Crippen LogP contribution in [0.4, 0.5) is 19.3 Å². The van der Waals surface area contributed by atoms with Crippen LogP contribution in [0.2, 0.25) is 0 Å². The van der Waals surface area contributed by atoms with E-state index in [1.54, 1.807) is 20.8 Å². The number of ether oxygens (including phenoxy) is 1. The molecule has 0 aromatic heterocycles. The van der Waals surface area contributed by atoms with Gasteiger partial charge in [-0.25, -0.2) is 18.4 Å². The highest BCUT2D eigenvalue weighted by atomic mass is 19.2. The fraction of sp³-hybridized carbons (Fsp3) is 0.385. The first-order chi connectivity index (χ1) is 9.03. The van der Waals surface area contributed by atoms with Crippen molar-refractivity contribution in [3.05, 3.63) is 28.8 Å². The zero-order valence-corrected chi connectivity index (χ0v) is 11.5. The summed E-state index contributed by atoms with van der Waals surface area (Å²) >= 11 is 0. The highest BCUT2D eigenvalue weighted by Crippen LogP contribution is 2.25. The van der Waals surface area contributed by atoms with Crippen LogP contribution in [-0.4, -0.2) is 22.8 Å².